The summed E-state index contributed by atoms with van der Waals surface area (Å²) in [6.45, 7) is 1.70. The zero-order valence-electron chi connectivity index (χ0n) is 7.08. The van der Waals surface area contributed by atoms with Crippen molar-refractivity contribution >= 4 is 33.2 Å². The molecule has 2 N–H and O–H groups in total. The Morgan fingerprint density at radius 1 is 1.85 bits per heavy atom. The van der Waals surface area contributed by atoms with E-state index in [4.69, 9.17) is 5.11 Å². The number of hydrogen-bond donors (Lipinski definition) is 2. The van der Waals surface area contributed by atoms with Crippen LogP contribution in [0.1, 0.15) is 17.3 Å². The highest BCUT2D eigenvalue weighted by molar-refractivity contribution is 9.11. The Morgan fingerprint density at radius 3 is 3.00 bits per heavy atom. The van der Waals surface area contributed by atoms with E-state index < -0.39 is 0 Å². The molecule has 1 aromatic rings. The molecule has 0 spiro atoms. The van der Waals surface area contributed by atoms with Gasteiger partial charge in [-0.2, -0.15) is 0 Å². The molecule has 0 saturated heterocycles. The van der Waals surface area contributed by atoms with Gasteiger partial charge in [0, 0.05) is 11.4 Å². The molecule has 0 unspecified atom stereocenters. The van der Waals surface area contributed by atoms with Gasteiger partial charge in [0.25, 0.3) is 5.91 Å². The topological polar surface area (TPSA) is 49.3 Å². The first-order chi connectivity index (χ1) is 6.13. The number of halogens is 1. The van der Waals surface area contributed by atoms with Gasteiger partial charge in [-0.3, -0.25) is 4.79 Å². The number of nitrogens with one attached hydrogen (secondary N) is 1. The number of thiophene rings is 1. The van der Waals surface area contributed by atoms with Crippen molar-refractivity contribution in [2.45, 2.75) is 13.0 Å². The van der Waals surface area contributed by atoms with Crippen molar-refractivity contribution < 1.29 is 9.90 Å². The summed E-state index contributed by atoms with van der Waals surface area (Å²) in [4.78, 5) is 11.4. The molecule has 1 atom stereocenters. The second kappa shape index (κ2) is 4.74. The van der Waals surface area contributed by atoms with Gasteiger partial charge in [-0.05, 0) is 28.9 Å². The Kier molecular flexibility index (Phi) is 3.90. The van der Waals surface area contributed by atoms with Gasteiger partial charge in [0.15, 0.2) is 0 Å². The van der Waals surface area contributed by atoms with Gasteiger partial charge in [0.2, 0.25) is 0 Å². The lowest BCUT2D eigenvalue weighted by Crippen LogP contribution is -2.34. The van der Waals surface area contributed by atoms with Crippen LogP contribution < -0.4 is 5.32 Å². The van der Waals surface area contributed by atoms with Gasteiger partial charge in [0.05, 0.1) is 16.0 Å². The number of aliphatic hydroxyl groups is 1. The van der Waals surface area contributed by atoms with Gasteiger partial charge in [-0.1, -0.05) is 0 Å². The molecule has 0 fully saturated rings. The maximum absolute atomic E-state index is 11.4. The Hall–Kier alpha value is -0.390. The fourth-order valence-electron chi connectivity index (χ4n) is 0.782. The minimum Gasteiger partial charge on any atom is -0.394 e. The monoisotopic (exact) mass is 263 g/mol. The lowest BCUT2D eigenvalue weighted by Gasteiger charge is -2.08. The molecule has 1 amide bonds. The Bertz CT molecular complexity index is 300. The van der Waals surface area contributed by atoms with Crippen LogP contribution >= 0.6 is 27.3 Å². The fourth-order valence-corrected chi connectivity index (χ4v) is 1.92. The van der Waals surface area contributed by atoms with Crippen molar-refractivity contribution in [3.05, 3.63) is 20.8 Å². The minimum atomic E-state index is -0.203. The van der Waals surface area contributed by atoms with Crippen LogP contribution in [-0.2, 0) is 0 Å². The van der Waals surface area contributed by atoms with Crippen LogP contribution in [0, 0.1) is 0 Å². The molecule has 1 aromatic heterocycles. The molecule has 0 bridgehead atoms. The summed E-state index contributed by atoms with van der Waals surface area (Å²) in [5.41, 5.74) is 0.622. The zero-order chi connectivity index (χ0) is 9.84. The summed E-state index contributed by atoms with van der Waals surface area (Å²) >= 11 is 4.73. The normalized spacial score (nSPS) is 12.5. The largest absolute Gasteiger partial charge is 0.394 e. The van der Waals surface area contributed by atoms with Crippen LogP contribution in [0.2, 0.25) is 0 Å². The number of rotatable bonds is 3. The lowest BCUT2D eigenvalue weighted by atomic mass is 10.3. The van der Waals surface area contributed by atoms with E-state index in [2.05, 4.69) is 21.2 Å². The number of carbonyl (C=O) groups is 1. The summed E-state index contributed by atoms with van der Waals surface area (Å²) in [6, 6.07) is 1.55. The number of aliphatic hydroxyl groups excluding tert-OH is 1. The van der Waals surface area contributed by atoms with Crippen molar-refractivity contribution in [1.29, 1.82) is 0 Å². The highest BCUT2D eigenvalue weighted by atomic mass is 79.9. The van der Waals surface area contributed by atoms with Crippen LogP contribution in [0.5, 0.6) is 0 Å². The molecular formula is C8H10BrNO2S. The van der Waals surface area contributed by atoms with E-state index in [0.29, 0.717) is 5.56 Å². The molecule has 0 aliphatic rings. The SMILES string of the molecule is C[C@H](CO)NC(=O)c1csc(Br)c1. The van der Waals surface area contributed by atoms with Gasteiger partial charge in [0.1, 0.15) is 0 Å². The smallest absolute Gasteiger partial charge is 0.252 e. The number of hydrogen-bond acceptors (Lipinski definition) is 3. The van der Waals surface area contributed by atoms with Crippen LogP contribution in [0.15, 0.2) is 15.2 Å². The van der Waals surface area contributed by atoms with Crippen molar-refractivity contribution in [3.8, 4) is 0 Å². The lowest BCUT2D eigenvalue weighted by molar-refractivity contribution is 0.0923. The zero-order valence-corrected chi connectivity index (χ0v) is 9.48. The molecule has 5 heteroatoms. The third kappa shape index (κ3) is 3.10. The molecular weight excluding hydrogens is 254 g/mol. The summed E-state index contributed by atoms with van der Waals surface area (Å²) in [5.74, 6) is -0.150. The molecule has 0 aliphatic heterocycles. The van der Waals surface area contributed by atoms with Gasteiger partial charge in [-0.25, -0.2) is 0 Å². The van der Waals surface area contributed by atoms with Gasteiger partial charge in [-0.15, -0.1) is 11.3 Å². The first-order valence-electron chi connectivity index (χ1n) is 3.79. The predicted octanol–water partition coefficient (Wildman–Crippen LogP) is 1.62. The Balaban J connectivity index is 2.58. The van der Waals surface area contributed by atoms with E-state index in [1.54, 1.807) is 18.4 Å². The van der Waals surface area contributed by atoms with Crippen molar-refractivity contribution in [2.24, 2.45) is 0 Å². The molecule has 0 saturated carbocycles. The molecule has 1 rings (SSSR count). The molecule has 13 heavy (non-hydrogen) atoms. The summed E-state index contributed by atoms with van der Waals surface area (Å²) < 4.78 is 0.925. The van der Waals surface area contributed by atoms with Gasteiger partial charge >= 0.3 is 0 Å². The second-order valence-electron chi connectivity index (χ2n) is 2.70. The van der Waals surface area contributed by atoms with Crippen molar-refractivity contribution in [3.63, 3.8) is 0 Å². The fraction of sp³-hybridized carbons (Fsp3) is 0.375. The van der Waals surface area contributed by atoms with E-state index in [9.17, 15) is 4.79 Å². The van der Waals surface area contributed by atoms with Crippen LogP contribution in [0.4, 0.5) is 0 Å². The first kappa shape index (κ1) is 10.7. The summed E-state index contributed by atoms with van der Waals surface area (Å²) in [7, 11) is 0. The number of amides is 1. The van der Waals surface area contributed by atoms with E-state index >= 15 is 0 Å². The van der Waals surface area contributed by atoms with E-state index in [0.717, 1.165) is 3.79 Å². The van der Waals surface area contributed by atoms with E-state index in [1.165, 1.54) is 11.3 Å². The summed E-state index contributed by atoms with van der Waals surface area (Å²) in [6.07, 6.45) is 0. The molecule has 1 heterocycles. The Labute approximate surface area is 88.9 Å². The standard InChI is InChI=1S/C8H10BrNO2S/c1-5(3-11)10-8(12)6-2-7(9)13-4-6/h2,4-5,11H,3H2,1H3,(H,10,12)/t5-/m1/s1. The maximum Gasteiger partial charge on any atom is 0.252 e. The molecule has 3 nitrogen and oxygen atoms in total. The highest BCUT2D eigenvalue weighted by Crippen LogP contribution is 2.20. The minimum absolute atomic E-state index is 0.0446. The first-order valence-corrected chi connectivity index (χ1v) is 5.46. The molecule has 0 aliphatic carbocycles. The number of carbonyl (C=O) groups excluding carboxylic acids is 1. The third-order valence-electron chi connectivity index (χ3n) is 1.48. The average Bonchev–Trinajstić information content (AvgIpc) is 2.51. The highest BCUT2D eigenvalue weighted by Gasteiger charge is 2.09. The second-order valence-corrected chi connectivity index (χ2v) is 4.99. The summed E-state index contributed by atoms with van der Waals surface area (Å²) in [5, 5.41) is 13.1. The molecule has 0 aromatic carbocycles. The van der Waals surface area contributed by atoms with E-state index in [-0.39, 0.29) is 18.6 Å². The van der Waals surface area contributed by atoms with Gasteiger partial charge < -0.3 is 10.4 Å². The van der Waals surface area contributed by atoms with Crippen molar-refractivity contribution in [1.82, 2.24) is 5.32 Å². The maximum atomic E-state index is 11.4. The van der Waals surface area contributed by atoms with Crippen molar-refractivity contribution in [2.75, 3.05) is 6.61 Å². The van der Waals surface area contributed by atoms with Crippen LogP contribution in [0.3, 0.4) is 0 Å². The average molecular weight is 264 g/mol. The Morgan fingerprint density at radius 2 is 2.54 bits per heavy atom. The molecule has 72 valence electrons. The quantitative estimate of drug-likeness (QED) is 0.871. The third-order valence-corrected chi connectivity index (χ3v) is 2.99. The predicted molar refractivity (Wildman–Crippen MR) is 56.0 cm³/mol. The van der Waals surface area contributed by atoms with Crippen LogP contribution in [-0.4, -0.2) is 23.7 Å². The molecule has 0 radical (unpaired) electrons. The van der Waals surface area contributed by atoms with E-state index in [1.807, 2.05) is 0 Å². The van der Waals surface area contributed by atoms with Crippen LogP contribution in [0.25, 0.3) is 0 Å².